The van der Waals surface area contributed by atoms with Gasteiger partial charge in [0.1, 0.15) is 0 Å². The molecule has 1 N–H and O–H groups in total. The number of hydrogen-bond donors (Lipinski definition) is 1. The molecule has 0 unspecified atom stereocenters. The molecule has 0 aliphatic heterocycles. The molecule has 3 rings (SSSR count). The van der Waals surface area contributed by atoms with Gasteiger partial charge in [-0.15, -0.1) is 0 Å². The first-order chi connectivity index (χ1) is 12.5. The summed E-state index contributed by atoms with van der Waals surface area (Å²) in [5.74, 6) is -0.193. The molecule has 1 fully saturated rings. The van der Waals surface area contributed by atoms with Crippen molar-refractivity contribution in [3.05, 3.63) is 52.8 Å². The first kappa shape index (κ1) is 17.9. The van der Waals surface area contributed by atoms with Gasteiger partial charge in [0.2, 0.25) is 5.91 Å². The van der Waals surface area contributed by atoms with Crippen LogP contribution in [0.4, 0.5) is 0 Å². The fourth-order valence-electron chi connectivity index (χ4n) is 2.88. The van der Waals surface area contributed by atoms with E-state index in [-0.39, 0.29) is 17.8 Å². The number of nitrogens with zero attached hydrogens (tertiary/aromatic N) is 2. The van der Waals surface area contributed by atoms with Crippen molar-refractivity contribution < 1.29 is 14.3 Å². The maximum atomic E-state index is 11.8. The predicted molar refractivity (Wildman–Crippen MR) is 99.7 cm³/mol. The molecule has 0 atom stereocenters. The van der Waals surface area contributed by atoms with Crippen LogP contribution >= 0.6 is 0 Å². The van der Waals surface area contributed by atoms with E-state index in [4.69, 9.17) is 4.74 Å². The van der Waals surface area contributed by atoms with Crippen LogP contribution in [0.25, 0.3) is 5.69 Å². The number of hydrogen-bond acceptors (Lipinski definition) is 4. The monoisotopic (exact) mass is 353 g/mol. The number of carbonyl (C=O) groups excluding carboxylic acids is 2. The van der Waals surface area contributed by atoms with E-state index in [1.807, 2.05) is 32.0 Å². The van der Waals surface area contributed by atoms with Crippen LogP contribution in [0.5, 0.6) is 0 Å². The smallest absolute Gasteiger partial charge is 0.338 e. The summed E-state index contributed by atoms with van der Waals surface area (Å²) in [4.78, 5) is 23.4. The van der Waals surface area contributed by atoms with E-state index in [1.165, 1.54) is 0 Å². The van der Waals surface area contributed by atoms with Gasteiger partial charge in [0.15, 0.2) is 0 Å². The molecule has 0 saturated heterocycles. The number of esters is 1. The maximum Gasteiger partial charge on any atom is 0.338 e. The highest BCUT2D eigenvalue weighted by Gasteiger charge is 2.29. The molecule has 136 valence electrons. The van der Waals surface area contributed by atoms with Crippen LogP contribution in [0.15, 0.2) is 35.4 Å². The number of nitrogens with one attached hydrogen (secondary N) is 1. The van der Waals surface area contributed by atoms with Crippen LogP contribution in [-0.4, -0.2) is 29.3 Å². The van der Waals surface area contributed by atoms with Crippen molar-refractivity contribution in [3.8, 4) is 5.69 Å². The number of aromatic nitrogens is 1. The van der Waals surface area contributed by atoms with Gasteiger partial charge in [-0.3, -0.25) is 4.79 Å². The minimum atomic E-state index is -0.320. The second kappa shape index (κ2) is 7.56. The zero-order valence-electron chi connectivity index (χ0n) is 15.3. The Kier molecular flexibility index (Phi) is 5.21. The minimum absolute atomic E-state index is 0.00962. The van der Waals surface area contributed by atoms with Crippen molar-refractivity contribution in [2.45, 2.75) is 33.6 Å². The Hall–Kier alpha value is -2.89. The topological polar surface area (TPSA) is 72.7 Å². The first-order valence-electron chi connectivity index (χ1n) is 8.80. The van der Waals surface area contributed by atoms with Gasteiger partial charge in [-0.05, 0) is 63.9 Å². The van der Waals surface area contributed by atoms with E-state index in [2.05, 4.69) is 15.1 Å². The number of hydrazone groups is 1. The minimum Gasteiger partial charge on any atom is -0.462 e. The molecule has 1 heterocycles. The summed E-state index contributed by atoms with van der Waals surface area (Å²) in [6.07, 6.45) is 3.58. The van der Waals surface area contributed by atoms with Gasteiger partial charge in [-0.1, -0.05) is 0 Å². The molecule has 0 spiro atoms. The standard InChI is InChI=1S/C20H23N3O3/c1-4-26-20(25)16-7-9-18(10-8-16)23-13(2)11-17(14(23)3)12-21-22-19(24)15-5-6-15/h7-12,15H,4-6H2,1-3H3,(H,22,24)/b21-12+. The Morgan fingerprint density at radius 1 is 1.27 bits per heavy atom. The third-order valence-corrected chi connectivity index (χ3v) is 4.43. The molecule has 6 nitrogen and oxygen atoms in total. The molecule has 2 aromatic rings. The quantitative estimate of drug-likeness (QED) is 0.493. The van der Waals surface area contributed by atoms with Gasteiger partial charge in [-0.2, -0.15) is 5.10 Å². The molecule has 1 aromatic heterocycles. The van der Waals surface area contributed by atoms with E-state index in [0.717, 1.165) is 35.5 Å². The van der Waals surface area contributed by atoms with Gasteiger partial charge < -0.3 is 9.30 Å². The highest BCUT2D eigenvalue weighted by molar-refractivity contribution is 5.89. The molecule has 1 aliphatic carbocycles. The van der Waals surface area contributed by atoms with Gasteiger partial charge >= 0.3 is 5.97 Å². The fraction of sp³-hybridized carbons (Fsp3) is 0.350. The SMILES string of the molecule is CCOC(=O)c1ccc(-n2c(C)cc(/C=N/NC(=O)C3CC3)c2C)cc1. The molecule has 26 heavy (non-hydrogen) atoms. The van der Waals surface area contributed by atoms with Gasteiger partial charge in [-0.25, -0.2) is 10.2 Å². The molecule has 6 heteroatoms. The Bertz CT molecular complexity index is 846. The van der Waals surface area contributed by atoms with Crippen LogP contribution in [0.1, 0.15) is 47.1 Å². The average molecular weight is 353 g/mol. The van der Waals surface area contributed by atoms with E-state index in [1.54, 1.807) is 25.3 Å². The molecule has 1 aliphatic rings. The lowest BCUT2D eigenvalue weighted by molar-refractivity contribution is -0.122. The largest absolute Gasteiger partial charge is 0.462 e. The lowest BCUT2D eigenvalue weighted by Crippen LogP contribution is -2.19. The van der Waals surface area contributed by atoms with Crippen LogP contribution in [0.3, 0.4) is 0 Å². The van der Waals surface area contributed by atoms with Gasteiger partial charge in [0.25, 0.3) is 0 Å². The molecule has 1 aromatic carbocycles. The lowest BCUT2D eigenvalue weighted by atomic mass is 10.2. The summed E-state index contributed by atoms with van der Waals surface area (Å²) in [6, 6.07) is 9.32. The number of aryl methyl sites for hydroxylation is 1. The zero-order valence-corrected chi connectivity index (χ0v) is 15.3. The van der Waals surface area contributed by atoms with Crippen LogP contribution in [-0.2, 0) is 9.53 Å². The summed E-state index contributed by atoms with van der Waals surface area (Å²) in [5.41, 5.74) is 7.07. The van der Waals surface area contributed by atoms with Crippen LogP contribution in [0, 0.1) is 19.8 Å². The summed E-state index contributed by atoms with van der Waals surface area (Å²) >= 11 is 0. The molecule has 0 radical (unpaired) electrons. The summed E-state index contributed by atoms with van der Waals surface area (Å²) in [7, 11) is 0. The Labute approximate surface area is 152 Å². The fourth-order valence-corrected chi connectivity index (χ4v) is 2.88. The molecule has 1 saturated carbocycles. The van der Waals surface area contributed by atoms with E-state index in [9.17, 15) is 9.59 Å². The number of ether oxygens (including phenoxy) is 1. The predicted octanol–water partition coefficient (Wildman–Crippen LogP) is 3.13. The molecule has 1 amide bonds. The van der Waals surface area contributed by atoms with E-state index < -0.39 is 0 Å². The van der Waals surface area contributed by atoms with E-state index in [0.29, 0.717) is 12.2 Å². The van der Waals surface area contributed by atoms with E-state index >= 15 is 0 Å². The molecular formula is C20H23N3O3. The van der Waals surface area contributed by atoms with Crippen molar-refractivity contribution in [1.29, 1.82) is 0 Å². The summed E-state index contributed by atoms with van der Waals surface area (Å²) in [5, 5.41) is 4.07. The second-order valence-electron chi connectivity index (χ2n) is 6.44. The third kappa shape index (κ3) is 3.85. The average Bonchev–Trinajstić information content (AvgIpc) is 3.43. The van der Waals surface area contributed by atoms with Crippen molar-refractivity contribution in [2.24, 2.45) is 11.0 Å². The molecular weight excluding hydrogens is 330 g/mol. The number of amides is 1. The zero-order chi connectivity index (χ0) is 18.7. The first-order valence-corrected chi connectivity index (χ1v) is 8.80. The normalized spacial score (nSPS) is 13.8. The Balaban J connectivity index is 1.77. The highest BCUT2D eigenvalue weighted by Crippen LogP contribution is 2.28. The summed E-state index contributed by atoms with van der Waals surface area (Å²) in [6.45, 7) is 6.15. The van der Waals surface area contributed by atoms with Crippen LogP contribution in [0.2, 0.25) is 0 Å². The van der Waals surface area contributed by atoms with Crippen molar-refractivity contribution in [3.63, 3.8) is 0 Å². The number of benzene rings is 1. The second-order valence-corrected chi connectivity index (χ2v) is 6.44. The number of carbonyl (C=O) groups is 2. The van der Waals surface area contributed by atoms with Crippen molar-refractivity contribution in [1.82, 2.24) is 9.99 Å². The third-order valence-electron chi connectivity index (χ3n) is 4.43. The molecule has 0 bridgehead atoms. The lowest BCUT2D eigenvalue weighted by Gasteiger charge is -2.10. The Morgan fingerprint density at radius 3 is 2.58 bits per heavy atom. The van der Waals surface area contributed by atoms with Gasteiger partial charge in [0, 0.05) is 28.6 Å². The highest BCUT2D eigenvalue weighted by atomic mass is 16.5. The van der Waals surface area contributed by atoms with Crippen molar-refractivity contribution >= 4 is 18.1 Å². The Morgan fingerprint density at radius 2 is 1.96 bits per heavy atom. The van der Waals surface area contributed by atoms with Crippen molar-refractivity contribution in [2.75, 3.05) is 6.61 Å². The summed E-state index contributed by atoms with van der Waals surface area (Å²) < 4.78 is 7.09. The van der Waals surface area contributed by atoms with Crippen LogP contribution < -0.4 is 5.43 Å². The number of rotatable bonds is 6. The van der Waals surface area contributed by atoms with Gasteiger partial charge in [0.05, 0.1) is 18.4 Å². The maximum absolute atomic E-state index is 11.8.